The van der Waals surface area contributed by atoms with Crippen molar-refractivity contribution >= 4 is 22.5 Å². The van der Waals surface area contributed by atoms with Gasteiger partial charge in [-0.25, -0.2) is 4.90 Å². The SMILES string of the molecule is CCC1=[N+](CC)C2C(=C3C(=C4C(C)=C(c5ccccc5)SC42)C(F)(F)C(F)(F)C3(F)F)N1C. The highest BCUT2D eigenvalue weighted by Gasteiger charge is 2.84. The van der Waals surface area contributed by atoms with Crippen molar-refractivity contribution in [2.45, 2.75) is 56.3 Å². The molecular formula is C24H23F6N2S+. The molecule has 4 aliphatic rings. The number of alkyl halides is 6. The van der Waals surface area contributed by atoms with Gasteiger partial charge in [0.1, 0.15) is 0 Å². The van der Waals surface area contributed by atoms with Crippen LogP contribution < -0.4 is 0 Å². The Kier molecular flexibility index (Phi) is 4.75. The van der Waals surface area contributed by atoms with E-state index in [0.29, 0.717) is 29.3 Å². The highest BCUT2D eigenvalue weighted by Crippen LogP contribution is 2.68. The lowest BCUT2D eigenvalue weighted by atomic mass is 9.82. The Bertz CT molecular complexity index is 1180. The monoisotopic (exact) mass is 485 g/mol. The van der Waals surface area contributed by atoms with Gasteiger partial charge < -0.3 is 0 Å². The molecule has 0 amide bonds. The molecule has 0 bridgehead atoms. The molecule has 0 aromatic heterocycles. The van der Waals surface area contributed by atoms with Crippen LogP contribution in [0.15, 0.2) is 58.3 Å². The summed E-state index contributed by atoms with van der Waals surface area (Å²) in [6, 6.07) is 8.28. The summed E-state index contributed by atoms with van der Waals surface area (Å²) in [4.78, 5) is 2.09. The predicted octanol–water partition coefficient (Wildman–Crippen LogP) is 6.17. The van der Waals surface area contributed by atoms with E-state index >= 15 is 17.6 Å². The van der Waals surface area contributed by atoms with Gasteiger partial charge in [-0.1, -0.05) is 37.3 Å². The molecule has 1 fully saturated rings. The topological polar surface area (TPSA) is 6.25 Å². The van der Waals surface area contributed by atoms with Gasteiger partial charge in [-0.15, -0.1) is 11.8 Å². The van der Waals surface area contributed by atoms with Gasteiger partial charge in [0.2, 0.25) is 0 Å². The lowest BCUT2D eigenvalue weighted by molar-refractivity contribution is -0.547. The summed E-state index contributed by atoms with van der Waals surface area (Å²) in [5.41, 5.74) is -1.49. The van der Waals surface area contributed by atoms with Crippen molar-refractivity contribution < 1.29 is 30.9 Å². The number of benzene rings is 1. The van der Waals surface area contributed by atoms with Crippen LogP contribution in [0, 0.1) is 0 Å². The maximum Gasteiger partial charge on any atom is 0.380 e. The van der Waals surface area contributed by atoms with Crippen LogP contribution in [0.1, 0.15) is 32.8 Å². The molecule has 2 aliphatic carbocycles. The third-order valence-corrected chi connectivity index (χ3v) is 8.67. The van der Waals surface area contributed by atoms with Crippen LogP contribution in [0.5, 0.6) is 0 Å². The minimum atomic E-state index is -5.52. The third kappa shape index (κ3) is 2.52. The van der Waals surface area contributed by atoms with Crippen LogP contribution in [0.2, 0.25) is 0 Å². The first-order valence-electron chi connectivity index (χ1n) is 10.9. The first-order chi connectivity index (χ1) is 15.4. The van der Waals surface area contributed by atoms with Gasteiger partial charge in [0, 0.05) is 16.9 Å². The lowest BCUT2D eigenvalue weighted by Crippen LogP contribution is -2.47. The number of amidine groups is 1. The largest absolute Gasteiger partial charge is 0.380 e. The molecule has 2 aliphatic heterocycles. The van der Waals surface area contributed by atoms with Crippen molar-refractivity contribution in [3.63, 3.8) is 0 Å². The molecule has 0 saturated heterocycles. The smallest absolute Gasteiger partial charge is 0.254 e. The number of hydrogen-bond acceptors (Lipinski definition) is 2. The van der Waals surface area contributed by atoms with E-state index in [1.807, 2.05) is 36.6 Å². The third-order valence-electron chi connectivity index (χ3n) is 7.14. The molecule has 2 atom stereocenters. The fourth-order valence-corrected chi connectivity index (χ4v) is 7.36. The van der Waals surface area contributed by atoms with Gasteiger partial charge in [-0.05, 0) is 30.6 Å². The normalized spacial score (nSPS) is 29.2. The number of hydrogen-bond donors (Lipinski definition) is 0. The van der Waals surface area contributed by atoms with Gasteiger partial charge >= 0.3 is 17.8 Å². The Morgan fingerprint density at radius 2 is 1.58 bits per heavy atom. The molecule has 1 aromatic rings. The zero-order valence-corrected chi connectivity index (χ0v) is 19.3. The summed E-state index contributed by atoms with van der Waals surface area (Å²) < 4.78 is 92.3. The van der Waals surface area contributed by atoms with Crippen LogP contribution >= 0.6 is 11.8 Å². The number of rotatable bonds is 3. The summed E-state index contributed by atoms with van der Waals surface area (Å²) in [6.45, 7) is 5.70. The van der Waals surface area contributed by atoms with E-state index in [1.54, 1.807) is 19.1 Å². The maximum atomic E-state index is 15.2. The molecule has 1 saturated carbocycles. The maximum absolute atomic E-state index is 15.2. The van der Waals surface area contributed by atoms with Crippen molar-refractivity contribution in [2.75, 3.05) is 13.6 Å². The van der Waals surface area contributed by atoms with E-state index in [-0.39, 0.29) is 11.3 Å². The Morgan fingerprint density at radius 3 is 2.15 bits per heavy atom. The molecular weight excluding hydrogens is 462 g/mol. The van der Waals surface area contributed by atoms with Crippen molar-refractivity contribution in [1.29, 1.82) is 0 Å². The average molecular weight is 486 g/mol. The molecule has 2 unspecified atom stereocenters. The molecule has 2 heterocycles. The summed E-state index contributed by atoms with van der Waals surface area (Å²) in [7, 11) is 1.51. The van der Waals surface area contributed by atoms with Crippen LogP contribution in [0.25, 0.3) is 4.91 Å². The predicted molar refractivity (Wildman–Crippen MR) is 117 cm³/mol. The van der Waals surface area contributed by atoms with Gasteiger partial charge in [0.25, 0.3) is 5.84 Å². The summed E-state index contributed by atoms with van der Waals surface area (Å²) in [5, 5.41) is -0.698. The Balaban J connectivity index is 1.88. The van der Waals surface area contributed by atoms with Gasteiger partial charge in [-0.2, -0.15) is 26.3 Å². The van der Waals surface area contributed by atoms with Crippen LogP contribution in [0.3, 0.4) is 0 Å². The Hall–Kier alpha value is -2.16. The Morgan fingerprint density at radius 1 is 0.970 bits per heavy atom. The van der Waals surface area contributed by atoms with Crippen molar-refractivity contribution in [2.24, 2.45) is 0 Å². The van der Waals surface area contributed by atoms with Crippen LogP contribution in [-0.4, -0.2) is 58.0 Å². The van der Waals surface area contributed by atoms with E-state index < -0.39 is 40.2 Å². The minimum Gasteiger partial charge on any atom is -0.254 e. The summed E-state index contributed by atoms with van der Waals surface area (Å²) in [5.74, 6) is -14.8. The van der Waals surface area contributed by atoms with E-state index in [9.17, 15) is 8.78 Å². The van der Waals surface area contributed by atoms with E-state index in [1.165, 1.54) is 23.7 Å². The minimum absolute atomic E-state index is 0.0753. The molecule has 0 radical (unpaired) electrons. The molecule has 1 aromatic carbocycles. The highest BCUT2D eigenvalue weighted by atomic mass is 32.2. The zero-order chi connectivity index (χ0) is 24.1. The number of likely N-dealkylation sites (N-methyl/N-ethyl adjacent to an activating group) is 2. The van der Waals surface area contributed by atoms with E-state index in [4.69, 9.17) is 0 Å². The number of nitrogens with zero attached hydrogens (tertiary/aromatic N) is 2. The molecule has 2 nitrogen and oxygen atoms in total. The fourth-order valence-electron chi connectivity index (χ4n) is 5.73. The molecule has 9 heteroatoms. The molecule has 176 valence electrons. The number of allylic oxidation sites excluding steroid dienone is 3. The fraction of sp³-hybridized carbons (Fsp3) is 0.458. The van der Waals surface area contributed by atoms with Crippen LogP contribution in [0.4, 0.5) is 26.3 Å². The Labute approximate surface area is 192 Å². The first-order valence-corrected chi connectivity index (χ1v) is 11.7. The van der Waals surface area contributed by atoms with E-state index in [0.717, 1.165) is 5.56 Å². The van der Waals surface area contributed by atoms with Crippen molar-refractivity contribution in [3.05, 3.63) is 63.9 Å². The number of thioether (sulfide) groups is 1. The first kappa shape index (κ1) is 22.6. The number of halogens is 6. The quantitative estimate of drug-likeness (QED) is 0.373. The molecule has 0 N–H and O–H groups in total. The second-order valence-corrected chi connectivity index (χ2v) is 9.84. The number of fused-ring (bicyclic) bond motifs is 4. The van der Waals surface area contributed by atoms with Gasteiger partial charge in [0.15, 0.2) is 11.7 Å². The van der Waals surface area contributed by atoms with Gasteiger partial charge in [-0.3, -0.25) is 4.58 Å². The molecule has 0 spiro atoms. The lowest BCUT2D eigenvalue weighted by Gasteiger charge is -2.30. The van der Waals surface area contributed by atoms with E-state index in [2.05, 4.69) is 0 Å². The summed E-state index contributed by atoms with van der Waals surface area (Å²) >= 11 is 1.30. The second-order valence-electron chi connectivity index (χ2n) is 8.69. The summed E-state index contributed by atoms with van der Waals surface area (Å²) in [6.07, 6.45) is 0.454. The van der Waals surface area contributed by atoms with Crippen molar-refractivity contribution in [3.8, 4) is 0 Å². The van der Waals surface area contributed by atoms with Crippen LogP contribution in [-0.2, 0) is 0 Å². The van der Waals surface area contributed by atoms with Crippen molar-refractivity contribution in [1.82, 2.24) is 4.90 Å². The molecule has 33 heavy (non-hydrogen) atoms. The highest BCUT2D eigenvalue weighted by molar-refractivity contribution is 8.09. The average Bonchev–Trinajstić information content (AvgIpc) is 3.29. The zero-order valence-electron chi connectivity index (χ0n) is 18.5. The molecule has 5 rings (SSSR count). The van der Waals surface area contributed by atoms with Gasteiger partial charge in [0.05, 0.1) is 24.4 Å². The standard InChI is InChI=1S/C24H23F6N2S/c1-5-14-31(4)18-17-16(22(25,26)24(29,30)23(17,27)28)15-12(3)20(13-10-8-7-9-11-13)33-21(15)19(18)32(14)6-2/h7-11,19,21H,5-6H2,1-4H3/q+1. The second kappa shape index (κ2) is 6.93.